The van der Waals surface area contributed by atoms with Gasteiger partial charge in [-0.25, -0.2) is 4.39 Å². The molecule has 1 unspecified atom stereocenters. The van der Waals surface area contributed by atoms with Crippen molar-refractivity contribution in [2.24, 2.45) is 5.92 Å². The van der Waals surface area contributed by atoms with Crippen LogP contribution in [0.3, 0.4) is 0 Å². The summed E-state index contributed by atoms with van der Waals surface area (Å²) in [4.78, 5) is 10.4. The Morgan fingerprint density at radius 3 is 2.86 bits per heavy atom. The summed E-state index contributed by atoms with van der Waals surface area (Å²) in [5.74, 6) is -0.319. The molecule has 76 valence electrons. The Bertz CT molecular complexity index is 325. The van der Waals surface area contributed by atoms with Crippen molar-refractivity contribution in [1.82, 2.24) is 0 Å². The molecule has 0 aliphatic carbocycles. The zero-order chi connectivity index (χ0) is 10.6. The largest absolute Gasteiger partial charge is 0.303 e. The highest BCUT2D eigenvalue weighted by molar-refractivity contribution is 6.30. The van der Waals surface area contributed by atoms with Gasteiger partial charge < -0.3 is 4.79 Å². The number of aldehydes is 1. The summed E-state index contributed by atoms with van der Waals surface area (Å²) in [6, 6.07) is 4.61. The summed E-state index contributed by atoms with van der Waals surface area (Å²) in [5, 5.41) is 0.398. The molecule has 0 aliphatic rings. The van der Waals surface area contributed by atoms with Gasteiger partial charge >= 0.3 is 0 Å². The molecule has 1 aromatic rings. The third-order valence-electron chi connectivity index (χ3n) is 2.12. The Hall–Kier alpha value is -0.890. The summed E-state index contributed by atoms with van der Waals surface area (Å²) < 4.78 is 13.2. The van der Waals surface area contributed by atoms with Crippen molar-refractivity contribution in [3.63, 3.8) is 0 Å². The second-order valence-electron chi connectivity index (χ2n) is 3.39. The van der Waals surface area contributed by atoms with Gasteiger partial charge in [-0.1, -0.05) is 24.6 Å². The van der Waals surface area contributed by atoms with Gasteiger partial charge in [0.15, 0.2) is 0 Å². The minimum Gasteiger partial charge on any atom is -0.303 e. The van der Waals surface area contributed by atoms with E-state index in [2.05, 4.69) is 0 Å². The lowest BCUT2D eigenvalue weighted by Crippen LogP contribution is -1.99. The van der Waals surface area contributed by atoms with Gasteiger partial charge in [0.05, 0.1) is 0 Å². The van der Waals surface area contributed by atoms with Gasteiger partial charge in [-0.05, 0) is 30.5 Å². The van der Waals surface area contributed by atoms with Gasteiger partial charge in [-0.2, -0.15) is 0 Å². The third kappa shape index (κ3) is 3.11. The van der Waals surface area contributed by atoms with Crippen molar-refractivity contribution in [2.45, 2.75) is 19.8 Å². The standard InChI is InChI=1S/C11H12ClFO/c1-8(7-14)2-3-9-4-5-10(12)6-11(9)13/h4-8H,2-3H2,1H3. The molecule has 0 fully saturated rings. The van der Waals surface area contributed by atoms with E-state index < -0.39 is 0 Å². The Morgan fingerprint density at radius 2 is 2.29 bits per heavy atom. The first-order valence-electron chi connectivity index (χ1n) is 4.52. The van der Waals surface area contributed by atoms with Crippen LogP contribution < -0.4 is 0 Å². The number of carbonyl (C=O) groups excluding carboxylic acids is 1. The fourth-order valence-corrected chi connectivity index (χ4v) is 1.33. The van der Waals surface area contributed by atoms with Crippen LogP contribution in [0.2, 0.25) is 5.02 Å². The molecule has 1 aromatic carbocycles. The van der Waals surface area contributed by atoms with Crippen LogP contribution in [0.4, 0.5) is 4.39 Å². The average Bonchev–Trinajstić information content (AvgIpc) is 2.16. The van der Waals surface area contributed by atoms with E-state index in [1.165, 1.54) is 6.07 Å². The molecule has 0 bridgehead atoms. The average molecular weight is 215 g/mol. The number of aryl methyl sites for hydroxylation is 1. The van der Waals surface area contributed by atoms with Crippen molar-refractivity contribution in [1.29, 1.82) is 0 Å². The van der Waals surface area contributed by atoms with Crippen molar-refractivity contribution >= 4 is 17.9 Å². The smallest absolute Gasteiger partial charge is 0.127 e. The fraction of sp³-hybridized carbons (Fsp3) is 0.364. The van der Waals surface area contributed by atoms with E-state index in [9.17, 15) is 9.18 Å². The van der Waals surface area contributed by atoms with Gasteiger partial charge in [-0.15, -0.1) is 0 Å². The molecule has 3 heteroatoms. The zero-order valence-electron chi connectivity index (χ0n) is 7.97. The fourth-order valence-electron chi connectivity index (χ4n) is 1.18. The van der Waals surface area contributed by atoms with Crippen molar-refractivity contribution in [3.05, 3.63) is 34.6 Å². The van der Waals surface area contributed by atoms with Crippen molar-refractivity contribution < 1.29 is 9.18 Å². The number of rotatable bonds is 4. The van der Waals surface area contributed by atoms with Crippen LogP contribution in [0.25, 0.3) is 0 Å². The molecular formula is C11H12ClFO. The maximum absolute atomic E-state index is 13.2. The molecule has 14 heavy (non-hydrogen) atoms. The summed E-state index contributed by atoms with van der Waals surface area (Å²) in [6.45, 7) is 1.82. The molecule has 1 nitrogen and oxygen atoms in total. The monoisotopic (exact) mass is 214 g/mol. The van der Waals surface area contributed by atoms with Crippen LogP contribution in [0.15, 0.2) is 18.2 Å². The zero-order valence-corrected chi connectivity index (χ0v) is 8.72. The van der Waals surface area contributed by atoms with Crippen LogP contribution in [0, 0.1) is 11.7 Å². The Morgan fingerprint density at radius 1 is 1.57 bits per heavy atom. The number of carbonyl (C=O) groups is 1. The molecule has 1 atom stereocenters. The van der Waals surface area contributed by atoms with Gasteiger partial charge in [0.2, 0.25) is 0 Å². The Kier molecular flexibility index (Phi) is 4.08. The van der Waals surface area contributed by atoms with Crippen LogP contribution in [0.5, 0.6) is 0 Å². The molecule has 0 heterocycles. The van der Waals surface area contributed by atoms with E-state index in [0.717, 1.165) is 6.29 Å². The molecule has 0 saturated carbocycles. The lowest BCUT2D eigenvalue weighted by molar-refractivity contribution is -0.110. The first kappa shape index (κ1) is 11.2. The van der Waals surface area contributed by atoms with E-state index in [1.54, 1.807) is 12.1 Å². The quantitative estimate of drug-likeness (QED) is 0.704. The van der Waals surface area contributed by atoms with Crippen molar-refractivity contribution in [3.8, 4) is 0 Å². The minimum absolute atomic E-state index is 0.0231. The first-order chi connectivity index (χ1) is 6.63. The number of hydrogen-bond acceptors (Lipinski definition) is 1. The Labute approximate surface area is 87.9 Å². The predicted octanol–water partition coefficient (Wildman–Crippen LogP) is 3.25. The number of benzene rings is 1. The van der Waals surface area contributed by atoms with Gasteiger partial charge in [0, 0.05) is 10.9 Å². The number of halogens is 2. The summed E-state index contributed by atoms with van der Waals surface area (Å²) in [5.41, 5.74) is 0.614. The molecule has 0 aliphatic heterocycles. The van der Waals surface area contributed by atoms with Crippen LogP contribution in [-0.4, -0.2) is 6.29 Å². The van der Waals surface area contributed by atoms with Gasteiger partial charge in [0.1, 0.15) is 12.1 Å². The maximum atomic E-state index is 13.2. The lowest BCUT2D eigenvalue weighted by atomic mass is 10.0. The van der Waals surface area contributed by atoms with E-state index >= 15 is 0 Å². The topological polar surface area (TPSA) is 17.1 Å². The molecule has 0 aromatic heterocycles. The lowest BCUT2D eigenvalue weighted by Gasteiger charge is -2.05. The molecular weight excluding hydrogens is 203 g/mol. The molecule has 1 rings (SSSR count). The summed E-state index contributed by atoms with van der Waals surface area (Å²) in [6.07, 6.45) is 2.12. The minimum atomic E-state index is -0.296. The Balaban J connectivity index is 2.63. The maximum Gasteiger partial charge on any atom is 0.127 e. The highest BCUT2D eigenvalue weighted by Crippen LogP contribution is 2.17. The van der Waals surface area contributed by atoms with E-state index in [-0.39, 0.29) is 11.7 Å². The van der Waals surface area contributed by atoms with E-state index in [0.29, 0.717) is 23.4 Å². The predicted molar refractivity (Wildman–Crippen MR) is 55.0 cm³/mol. The van der Waals surface area contributed by atoms with Crippen molar-refractivity contribution in [2.75, 3.05) is 0 Å². The third-order valence-corrected chi connectivity index (χ3v) is 2.35. The number of hydrogen-bond donors (Lipinski definition) is 0. The van der Waals surface area contributed by atoms with Gasteiger partial charge in [0.25, 0.3) is 0 Å². The van der Waals surface area contributed by atoms with E-state index in [1.807, 2.05) is 6.92 Å². The second kappa shape index (κ2) is 5.11. The molecule has 0 radical (unpaired) electrons. The highest BCUT2D eigenvalue weighted by Gasteiger charge is 2.05. The molecule has 0 amide bonds. The first-order valence-corrected chi connectivity index (χ1v) is 4.90. The molecule has 0 N–H and O–H groups in total. The molecule has 0 spiro atoms. The van der Waals surface area contributed by atoms with E-state index in [4.69, 9.17) is 11.6 Å². The van der Waals surface area contributed by atoms with Crippen LogP contribution in [-0.2, 0) is 11.2 Å². The van der Waals surface area contributed by atoms with Crippen LogP contribution in [0.1, 0.15) is 18.9 Å². The summed E-state index contributed by atoms with van der Waals surface area (Å²) in [7, 11) is 0. The molecule has 0 saturated heterocycles. The SMILES string of the molecule is CC(C=O)CCc1ccc(Cl)cc1F. The highest BCUT2D eigenvalue weighted by atomic mass is 35.5. The van der Waals surface area contributed by atoms with Gasteiger partial charge in [-0.3, -0.25) is 0 Å². The normalized spacial score (nSPS) is 12.5. The second-order valence-corrected chi connectivity index (χ2v) is 3.82. The summed E-state index contributed by atoms with van der Waals surface area (Å²) >= 11 is 5.61. The van der Waals surface area contributed by atoms with Crippen LogP contribution >= 0.6 is 11.6 Å².